The van der Waals surface area contributed by atoms with E-state index in [-0.39, 0.29) is 18.9 Å². The number of carbonyl (C=O) groups is 1. The molecule has 7 N–H and O–H groups in total. The highest BCUT2D eigenvalue weighted by molar-refractivity contribution is 5.76. The number of amides is 1. The van der Waals surface area contributed by atoms with Gasteiger partial charge in [0.2, 0.25) is 5.91 Å². The summed E-state index contributed by atoms with van der Waals surface area (Å²) in [6, 6.07) is -0.991. The van der Waals surface area contributed by atoms with Crippen LogP contribution >= 0.6 is 0 Å². The van der Waals surface area contributed by atoms with Gasteiger partial charge in [0.25, 0.3) is 0 Å². The van der Waals surface area contributed by atoms with Gasteiger partial charge in [0.05, 0.1) is 38.6 Å². The highest BCUT2D eigenvalue weighted by Gasteiger charge is 2.44. The summed E-state index contributed by atoms with van der Waals surface area (Å²) in [6.07, 6.45) is 14.0. The van der Waals surface area contributed by atoms with Gasteiger partial charge in [0.15, 0.2) is 6.29 Å². The van der Waals surface area contributed by atoms with Gasteiger partial charge in [-0.1, -0.05) is 122 Å². The van der Waals surface area contributed by atoms with Crippen molar-refractivity contribution in [3.63, 3.8) is 0 Å². The number of aliphatic hydroxyl groups excluding tert-OH is 6. The van der Waals surface area contributed by atoms with Gasteiger partial charge in [-0.25, -0.2) is 0 Å². The maximum atomic E-state index is 12.9. The smallest absolute Gasteiger partial charge is 0.220 e. The summed E-state index contributed by atoms with van der Waals surface area (Å²) in [5, 5.41) is 64.9. The zero-order valence-corrected chi connectivity index (χ0v) is 31.9. The normalized spacial score (nSPS) is 24.7. The maximum Gasteiger partial charge on any atom is 0.220 e. The lowest BCUT2D eigenvalue weighted by Gasteiger charge is -2.40. The lowest BCUT2D eigenvalue weighted by molar-refractivity contribution is -0.303. The summed E-state index contributed by atoms with van der Waals surface area (Å²) in [6.45, 7) is 6.25. The molecule has 8 atom stereocenters. The van der Waals surface area contributed by atoms with Crippen molar-refractivity contribution < 1.29 is 49.6 Å². The van der Waals surface area contributed by atoms with Crippen LogP contribution in [0.15, 0.2) is 0 Å². The molecule has 2 fully saturated rings. The molecule has 0 spiro atoms. The topological polar surface area (TPSA) is 181 Å². The van der Waals surface area contributed by atoms with Gasteiger partial charge in [-0.05, 0) is 25.8 Å². The Morgan fingerprint density at radius 2 is 1.27 bits per heavy atom. The molecule has 2 aliphatic heterocycles. The molecule has 2 rings (SSSR count). The van der Waals surface area contributed by atoms with Crippen molar-refractivity contribution in [3.8, 4) is 0 Å². The van der Waals surface area contributed by atoms with Crippen molar-refractivity contribution in [1.82, 2.24) is 10.2 Å². The molecule has 0 aromatic rings. The maximum absolute atomic E-state index is 12.9. The summed E-state index contributed by atoms with van der Waals surface area (Å²) in [5.74, 6) is -0.267. The molecule has 12 heteroatoms. The minimum atomic E-state index is -1.61. The van der Waals surface area contributed by atoms with Crippen LogP contribution in [0.25, 0.3) is 0 Å². The van der Waals surface area contributed by atoms with Crippen LogP contribution in [0, 0.1) is 0 Å². The Kier molecular flexibility index (Phi) is 26.7. The SMILES string of the molecule is CCCCCCCCCCCCCC[C@@H](O)[C@@H](O)[C@H](CO[C@H]1O[C@H](CO)[C@H](O)[C@H](O)[C@H]1O)NC(=O)CCCCCCCCCCN1CCOCC1. The Morgan fingerprint density at radius 1 is 0.745 bits per heavy atom. The van der Waals surface area contributed by atoms with Crippen molar-refractivity contribution >= 4 is 5.91 Å². The highest BCUT2D eigenvalue weighted by Crippen LogP contribution is 2.23. The number of carbonyl (C=O) groups excluding carboxylic acids is 1. The Balaban J connectivity index is 1.70. The van der Waals surface area contributed by atoms with Gasteiger partial charge in [-0.2, -0.15) is 0 Å². The van der Waals surface area contributed by atoms with E-state index in [4.69, 9.17) is 14.2 Å². The Morgan fingerprint density at radius 3 is 1.84 bits per heavy atom. The third kappa shape index (κ3) is 20.4. The zero-order valence-electron chi connectivity index (χ0n) is 31.9. The van der Waals surface area contributed by atoms with E-state index in [9.17, 15) is 35.4 Å². The van der Waals surface area contributed by atoms with Crippen LogP contribution < -0.4 is 5.32 Å². The molecular weight excluding hydrogens is 656 g/mol. The third-order valence-electron chi connectivity index (χ3n) is 10.5. The van der Waals surface area contributed by atoms with Crippen molar-refractivity contribution in [3.05, 3.63) is 0 Å². The van der Waals surface area contributed by atoms with Crippen LogP contribution in [0.2, 0.25) is 0 Å². The van der Waals surface area contributed by atoms with Gasteiger partial charge < -0.3 is 50.2 Å². The minimum absolute atomic E-state index is 0.267. The monoisotopic (exact) mass is 733 g/mol. The third-order valence-corrected chi connectivity index (χ3v) is 10.5. The fourth-order valence-electron chi connectivity index (χ4n) is 7.05. The molecule has 0 bridgehead atoms. The number of aliphatic hydroxyl groups is 6. The molecule has 0 radical (unpaired) electrons. The van der Waals surface area contributed by atoms with Gasteiger partial charge in [-0.3, -0.25) is 9.69 Å². The first-order chi connectivity index (χ1) is 24.8. The van der Waals surface area contributed by atoms with Crippen LogP contribution in [0.5, 0.6) is 0 Å². The number of nitrogens with zero attached hydrogens (tertiary/aromatic N) is 1. The Bertz CT molecular complexity index is 834. The van der Waals surface area contributed by atoms with Crippen LogP contribution in [-0.2, 0) is 19.0 Å². The summed E-state index contributed by atoms with van der Waals surface area (Å²) in [7, 11) is 0. The van der Waals surface area contributed by atoms with Gasteiger partial charge >= 0.3 is 0 Å². The number of rotatable bonds is 31. The summed E-state index contributed by atoms with van der Waals surface area (Å²) in [4.78, 5) is 15.4. The van der Waals surface area contributed by atoms with Crippen molar-refractivity contribution in [1.29, 1.82) is 0 Å². The molecule has 0 unspecified atom stereocenters. The van der Waals surface area contributed by atoms with E-state index in [1.165, 1.54) is 77.0 Å². The van der Waals surface area contributed by atoms with Crippen molar-refractivity contribution in [2.24, 2.45) is 0 Å². The first kappa shape index (κ1) is 46.2. The van der Waals surface area contributed by atoms with Crippen LogP contribution in [0.3, 0.4) is 0 Å². The molecule has 0 aromatic carbocycles. The number of hydrogen-bond donors (Lipinski definition) is 7. The summed E-state index contributed by atoms with van der Waals surface area (Å²) < 4.78 is 16.5. The number of unbranched alkanes of at least 4 members (excludes halogenated alkanes) is 18. The first-order valence-corrected chi connectivity index (χ1v) is 20.7. The lowest BCUT2D eigenvalue weighted by Crippen LogP contribution is -2.60. The zero-order chi connectivity index (χ0) is 37.1. The molecule has 0 saturated carbocycles. The average Bonchev–Trinajstić information content (AvgIpc) is 3.14. The van der Waals surface area contributed by atoms with E-state index in [2.05, 4.69) is 17.1 Å². The highest BCUT2D eigenvalue weighted by atomic mass is 16.7. The van der Waals surface area contributed by atoms with Crippen molar-refractivity contribution in [2.75, 3.05) is 46.1 Å². The Labute approximate surface area is 308 Å². The molecule has 12 nitrogen and oxygen atoms in total. The molecule has 0 aromatic heterocycles. The predicted molar refractivity (Wildman–Crippen MR) is 198 cm³/mol. The number of hydrogen-bond acceptors (Lipinski definition) is 11. The molecule has 2 aliphatic rings. The van der Waals surface area contributed by atoms with Gasteiger partial charge in [0, 0.05) is 19.5 Å². The average molecular weight is 733 g/mol. The molecular formula is C39H76N2O10. The number of morpholine rings is 1. The fourth-order valence-corrected chi connectivity index (χ4v) is 7.05. The van der Waals surface area contributed by atoms with Gasteiger partial charge in [-0.15, -0.1) is 0 Å². The van der Waals surface area contributed by atoms with E-state index in [1.807, 2.05) is 0 Å². The largest absolute Gasteiger partial charge is 0.394 e. The summed E-state index contributed by atoms with van der Waals surface area (Å²) in [5.41, 5.74) is 0. The van der Waals surface area contributed by atoms with Crippen molar-refractivity contribution in [2.45, 2.75) is 197 Å². The van der Waals surface area contributed by atoms with E-state index >= 15 is 0 Å². The fraction of sp³-hybridized carbons (Fsp3) is 0.974. The van der Waals surface area contributed by atoms with E-state index < -0.39 is 55.6 Å². The second kappa shape index (κ2) is 29.4. The lowest BCUT2D eigenvalue weighted by atomic mass is 9.98. The van der Waals surface area contributed by atoms with Crippen LogP contribution in [-0.4, -0.2) is 136 Å². The van der Waals surface area contributed by atoms with E-state index in [0.29, 0.717) is 12.8 Å². The standard InChI is InChI=1S/C39H76N2O10/c1-2-3-4-5-6-7-8-9-10-13-16-19-22-32(43)35(45)31(30-50-39-38(48)37(47)36(46)33(29-42)51-39)40-34(44)23-20-17-14-11-12-15-18-21-24-41-25-27-49-28-26-41/h31-33,35-39,42-43,45-48H,2-30H2,1H3,(H,40,44)/t31-,32+,33+,35-,36-,37-,38+,39-/m0/s1. The molecule has 1 amide bonds. The number of nitrogens with one attached hydrogen (secondary N) is 1. The second-order valence-electron chi connectivity index (χ2n) is 15.0. The first-order valence-electron chi connectivity index (χ1n) is 20.7. The number of ether oxygens (including phenoxy) is 3. The molecule has 2 saturated heterocycles. The molecule has 302 valence electrons. The van der Waals surface area contributed by atoms with E-state index in [0.717, 1.165) is 77.8 Å². The quantitative estimate of drug-likeness (QED) is 0.0513. The Hall–Kier alpha value is -0.930. The molecule has 0 aliphatic carbocycles. The van der Waals surface area contributed by atoms with Gasteiger partial charge in [0.1, 0.15) is 30.5 Å². The second-order valence-corrected chi connectivity index (χ2v) is 15.0. The van der Waals surface area contributed by atoms with Crippen LogP contribution in [0.4, 0.5) is 0 Å². The van der Waals surface area contributed by atoms with E-state index in [1.54, 1.807) is 0 Å². The predicted octanol–water partition coefficient (Wildman–Crippen LogP) is 3.94. The molecule has 51 heavy (non-hydrogen) atoms. The van der Waals surface area contributed by atoms with Crippen LogP contribution in [0.1, 0.15) is 148 Å². The minimum Gasteiger partial charge on any atom is -0.394 e. The summed E-state index contributed by atoms with van der Waals surface area (Å²) >= 11 is 0. The molecule has 2 heterocycles.